The van der Waals surface area contributed by atoms with Gasteiger partial charge in [-0.2, -0.15) is 0 Å². The summed E-state index contributed by atoms with van der Waals surface area (Å²) in [6.07, 6.45) is 0.979. The van der Waals surface area contributed by atoms with Crippen LogP contribution in [-0.4, -0.2) is 26.7 Å². The summed E-state index contributed by atoms with van der Waals surface area (Å²) in [5.41, 5.74) is 9.66. The first-order valence-corrected chi connectivity index (χ1v) is 6.94. The molecule has 0 aromatic heterocycles. The van der Waals surface area contributed by atoms with E-state index in [1.807, 2.05) is 0 Å². The Morgan fingerprint density at radius 3 is 2.53 bits per heavy atom. The lowest BCUT2D eigenvalue weighted by Gasteiger charge is -2.23. The van der Waals surface area contributed by atoms with E-state index < -0.39 is 0 Å². The summed E-state index contributed by atoms with van der Waals surface area (Å²) in [4.78, 5) is 0. The van der Waals surface area contributed by atoms with E-state index in [9.17, 15) is 0 Å². The van der Waals surface area contributed by atoms with Crippen LogP contribution in [0, 0.1) is 19.3 Å². The molecule has 1 aromatic rings. The molecule has 0 amide bonds. The van der Waals surface area contributed by atoms with E-state index in [4.69, 9.17) is 10.5 Å². The van der Waals surface area contributed by atoms with Crippen LogP contribution in [0.25, 0.3) is 0 Å². The van der Waals surface area contributed by atoms with Crippen LogP contribution in [0.15, 0.2) is 12.1 Å². The van der Waals surface area contributed by atoms with Gasteiger partial charge in [-0.05, 0) is 49.9 Å². The van der Waals surface area contributed by atoms with Gasteiger partial charge in [-0.1, -0.05) is 31.5 Å². The molecular weight excluding hydrogens is 236 g/mol. The molecule has 3 heteroatoms. The van der Waals surface area contributed by atoms with Crippen molar-refractivity contribution in [1.29, 1.82) is 0 Å². The normalized spacial score (nSPS) is 11.7. The van der Waals surface area contributed by atoms with Crippen molar-refractivity contribution in [2.75, 3.05) is 26.7 Å². The minimum Gasteiger partial charge on any atom is -0.496 e. The first kappa shape index (κ1) is 16.0. The minimum atomic E-state index is 0.159. The molecule has 0 aliphatic heterocycles. The highest BCUT2D eigenvalue weighted by Crippen LogP contribution is 2.25. The predicted molar refractivity (Wildman–Crippen MR) is 81.9 cm³/mol. The maximum Gasteiger partial charge on any atom is 0.125 e. The van der Waals surface area contributed by atoms with Gasteiger partial charge in [-0.25, -0.2) is 0 Å². The van der Waals surface area contributed by atoms with Gasteiger partial charge in [0, 0.05) is 6.54 Å². The van der Waals surface area contributed by atoms with E-state index in [1.54, 1.807) is 7.11 Å². The third-order valence-corrected chi connectivity index (χ3v) is 3.43. The third kappa shape index (κ3) is 4.84. The Balaban J connectivity index is 2.58. The second-order valence-corrected chi connectivity index (χ2v) is 6.07. The van der Waals surface area contributed by atoms with Crippen molar-refractivity contribution >= 4 is 0 Å². The van der Waals surface area contributed by atoms with Gasteiger partial charge in [-0.3, -0.25) is 0 Å². The van der Waals surface area contributed by atoms with Gasteiger partial charge in [0.15, 0.2) is 0 Å². The second-order valence-electron chi connectivity index (χ2n) is 6.07. The maximum atomic E-state index is 5.73. The molecule has 3 nitrogen and oxygen atoms in total. The van der Waals surface area contributed by atoms with Gasteiger partial charge < -0.3 is 15.8 Å². The maximum absolute atomic E-state index is 5.73. The first-order chi connectivity index (χ1) is 8.89. The van der Waals surface area contributed by atoms with Gasteiger partial charge in [0.1, 0.15) is 5.75 Å². The minimum absolute atomic E-state index is 0.159. The summed E-state index contributed by atoms with van der Waals surface area (Å²) >= 11 is 0. The molecule has 0 saturated heterocycles. The lowest BCUT2D eigenvalue weighted by Crippen LogP contribution is -2.36. The largest absolute Gasteiger partial charge is 0.496 e. The Kier molecular flexibility index (Phi) is 5.83. The highest BCUT2D eigenvalue weighted by atomic mass is 16.5. The number of methoxy groups -OCH3 is 1. The van der Waals surface area contributed by atoms with Crippen LogP contribution >= 0.6 is 0 Å². The van der Waals surface area contributed by atoms with Crippen molar-refractivity contribution in [2.24, 2.45) is 11.1 Å². The monoisotopic (exact) mass is 264 g/mol. The summed E-state index contributed by atoms with van der Waals surface area (Å²) in [5.74, 6) is 1.02. The molecule has 19 heavy (non-hydrogen) atoms. The molecule has 1 rings (SSSR count). The molecule has 0 radical (unpaired) electrons. The number of nitrogens with one attached hydrogen (secondary N) is 1. The van der Waals surface area contributed by atoms with E-state index in [0.29, 0.717) is 6.54 Å². The molecule has 0 aliphatic carbocycles. The van der Waals surface area contributed by atoms with E-state index in [0.717, 1.165) is 25.3 Å². The molecule has 1 aromatic carbocycles. The molecule has 108 valence electrons. The van der Waals surface area contributed by atoms with Crippen molar-refractivity contribution < 1.29 is 4.74 Å². The molecule has 0 fully saturated rings. The van der Waals surface area contributed by atoms with Crippen molar-refractivity contribution in [2.45, 2.75) is 34.1 Å². The standard InChI is InChI=1S/C16H28N2O/c1-12-8-13(2)15(19-5)14(9-12)6-7-18-11-16(3,4)10-17/h8-9,18H,6-7,10-11,17H2,1-5H3. The number of aryl methyl sites for hydroxylation is 2. The molecule has 0 heterocycles. The van der Waals surface area contributed by atoms with Gasteiger partial charge >= 0.3 is 0 Å². The van der Waals surface area contributed by atoms with Gasteiger partial charge in [0.05, 0.1) is 7.11 Å². The van der Waals surface area contributed by atoms with E-state index >= 15 is 0 Å². The molecule has 0 aliphatic rings. The van der Waals surface area contributed by atoms with Gasteiger partial charge in [-0.15, -0.1) is 0 Å². The number of hydrogen-bond donors (Lipinski definition) is 2. The van der Waals surface area contributed by atoms with Crippen molar-refractivity contribution in [1.82, 2.24) is 5.32 Å². The molecule has 0 unspecified atom stereocenters. The number of nitrogens with two attached hydrogens (primary N) is 1. The van der Waals surface area contributed by atoms with E-state index in [-0.39, 0.29) is 5.41 Å². The van der Waals surface area contributed by atoms with E-state index in [2.05, 4.69) is 45.1 Å². The molecule has 0 saturated carbocycles. The van der Waals surface area contributed by atoms with Gasteiger partial charge in [0.2, 0.25) is 0 Å². The smallest absolute Gasteiger partial charge is 0.125 e. The summed E-state index contributed by atoms with van der Waals surface area (Å²) in [6.45, 7) is 11.2. The third-order valence-electron chi connectivity index (χ3n) is 3.43. The predicted octanol–water partition coefficient (Wildman–Crippen LogP) is 2.43. The highest BCUT2D eigenvalue weighted by molar-refractivity contribution is 5.43. The van der Waals surface area contributed by atoms with Crippen molar-refractivity contribution in [3.05, 3.63) is 28.8 Å². The topological polar surface area (TPSA) is 47.3 Å². The van der Waals surface area contributed by atoms with Gasteiger partial charge in [0.25, 0.3) is 0 Å². The average Bonchev–Trinajstić information content (AvgIpc) is 2.34. The van der Waals surface area contributed by atoms with Crippen LogP contribution < -0.4 is 15.8 Å². The molecule has 0 atom stereocenters. The number of ether oxygens (including phenoxy) is 1. The quantitative estimate of drug-likeness (QED) is 0.744. The lowest BCUT2D eigenvalue weighted by atomic mass is 9.94. The van der Waals surface area contributed by atoms with E-state index in [1.165, 1.54) is 16.7 Å². The Hall–Kier alpha value is -1.06. The zero-order valence-electron chi connectivity index (χ0n) is 13.0. The first-order valence-electron chi connectivity index (χ1n) is 6.94. The Labute approximate surface area is 117 Å². The zero-order chi connectivity index (χ0) is 14.5. The van der Waals surface area contributed by atoms with Crippen LogP contribution in [0.1, 0.15) is 30.5 Å². The molecular formula is C16H28N2O. The summed E-state index contributed by atoms with van der Waals surface area (Å²) in [6, 6.07) is 4.37. The zero-order valence-corrected chi connectivity index (χ0v) is 13.0. The molecule has 3 N–H and O–H groups in total. The van der Waals surface area contributed by atoms with Crippen LogP contribution in [-0.2, 0) is 6.42 Å². The average molecular weight is 264 g/mol. The molecule has 0 spiro atoms. The molecule has 0 bridgehead atoms. The second kappa shape index (κ2) is 6.92. The van der Waals surface area contributed by atoms with Crippen LogP contribution in [0.3, 0.4) is 0 Å². The van der Waals surface area contributed by atoms with Crippen molar-refractivity contribution in [3.8, 4) is 5.75 Å². The Morgan fingerprint density at radius 2 is 1.95 bits per heavy atom. The van der Waals surface area contributed by atoms with Crippen LogP contribution in [0.5, 0.6) is 5.75 Å². The number of rotatable bonds is 7. The number of benzene rings is 1. The summed E-state index contributed by atoms with van der Waals surface area (Å²) in [7, 11) is 1.74. The SMILES string of the molecule is COc1c(C)cc(C)cc1CCNCC(C)(C)CN. The van der Waals surface area contributed by atoms with Crippen LogP contribution in [0.2, 0.25) is 0 Å². The van der Waals surface area contributed by atoms with Crippen LogP contribution in [0.4, 0.5) is 0 Å². The highest BCUT2D eigenvalue weighted by Gasteiger charge is 2.14. The number of hydrogen-bond acceptors (Lipinski definition) is 3. The summed E-state index contributed by atoms with van der Waals surface area (Å²) in [5, 5.41) is 3.48. The van der Waals surface area contributed by atoms with Crippen molar-refractivity contribution in [3.63, 3.8) is 0 Å². The fourth-order valence-electron chi connectivity index (χ4n) is 2.24. The fourth-order valence-corrected chi connectivity index (χ4v) is 2.24. The summed E-state index contributed by atoms with van der Waals surface area (Å²) < 4.78 is 5.50. The lowest BCUT2D eigenvalue weighted by molar-refractivity contribution is 0.352. The Morgan fingerprint density at radius 1 is 1.26 bits per heavy atom. The Bertz CT molecular complexity index is 413. The fraction of sp³-hybridized carbons (Fsp3) is 0.625.